The molecular formula is C14H11NO5. The summed E-state index contributed by atoms with van der Waals surface area (Å²) in [4.78, 5) is 21.7. The smallest absolute Gasteiger partial charge is 0.336 e. The summed E-state index contributed by atoms with van der Waals surface area (Å²) in [6.07, 6.45) is 0. The van der Waals surface area contributed by atoms with E-state index < -0.39 is 10.9 Å². The number of methoxy groups -OCH3 is 1. The first-order valence-electron chi connectivity index (χ1n) is 5.69. The predicted molar refractivity (Wildman–Crippen MR) is 72.0 cm³/mol. The van der Waals surface area contributed by atoms with Gasteiger partial charge in [0.1, 0.15) is 5.75 Å². The van der Waals surface area contributed by atoms with Crippen molar-refractivity contribution in [2.75, 3.05) is 7.11 Å². The minimum Gasteiger partial charge on any atom is -0.497 e. The third kappa shape index (κ3) is 2.44. The minimum atomic E-state index is -1.21. The molecular weight excluding hydrogens is 262 g/mol. The fourth-order valence-electron chi connectivity index (χ4n) is 1.93. The van der Waals surface area contributed by atoms with Crippen molar-refractivity contribution in [2.24, 2.45) is 0 Å². The highest BCUT2D eigenvalue weighted by Crippen LogP contribution is 2.34. The van der Waals surface area contributed by atoms with Crippen molar-refractivity contribution in [3.63, 3.8) is 0 Å². The van der Waals surface area contributed by atoms with E-state index in [4.69, 9.17) is 4.74 Å². The van der Waals surface area contributed by atoms with Gasteiger partial charge >= 0.3 is 5.97 Å². The van der Waals surface area contributed by atoms with Crippen LogP contribution >= 0.6 is 0 Å². The Bertz CT molecular complexity index is 632. The number of ether oxygens (including phenoxy) is 1. The average Bonchev–Trinajstić information content (AvgIpc) is 2.46. The maximum Gasteiger partial charge on any atom is 0.336 e. The molecule has 0 aliphatic rings. The second kappa shape index (κ2) is 5.40. The van der Waals surface area contributed by atoms with E-state index in [0.29, 0.717) is 11.3 Å². The monoisotopic (exact) mass is 273 g/mol. The van der Waals surface area contributed by atoms with E-state index in [1.165, 1.54) is 25.3 Å². The molecule has 102 valence electrons. The number of carboxylic acid groups (broad SMARTS) is 1. The van der Waals surface area contributed by atoms with Crippen LogP contribution in [0.25, 0.3) is 11.1 Å². The van der Waals surface area contributed by atoms with Gasteiger partial charge in [-0.15, -0.1) is 0 Å². The molecule has 0 radical (unpaired) electrons. The van der Waals surface area contributed by atoms with Crippen LogP contribution in [0.15, 0.2) is 42.5 Å². The molecule has 2 aromatic rings. The molecule has 0 spiro atoms. The number of carbonyl (C=O) groups is 1. The molecule has 0 saturated carbocycles. The normalized spacial score (nSPS) is 10.1. The molecule has 0 aliphatic carbocycles. The molecule has 1 N–H and O–H groups in total. The zero-order valence-corrected chi connectivity index (χ0v) is 10.6. The van der Waals surface area contributed by atoms with Crippen molar-refractivity contribution in [1.29, 1.82) is 0 Å². The zero-order chi connectivity index (χ0) is 14.7. The molecule has 0 bridgehead atoms. The van der Waals surface area contributed by atoms with Crippen LogP contribution in [0, 0.1) is 10.1 Å². The third-order valence-electron chi connectivity index (χ3n) is 2.85. The van der Waals surface area contributed by atoms with Gasteiger partial charge in [0.15, 0.2) is 0 Å². The van der Waals surface area contributed by atoms with Crippen molar-refractivity contribution < 1.29 is 19.6 Å². The van der Waals surface area contributed by atoms with Crippen molar-refractivity contribution in [3.8, 4) is 16.9 Å². The van der Waals surface area contributed by atoms with Gasteiger partial charge < -0.3 is 9.84 Å². The molecule has 2 rings (SSSR count). The van der Waals surface area contributed by atoms with Gasteiger partial charge in [-0.1, -0.05) is 18.2 Å². The van der Waals surface area contributed by atoms with Crippen molar-refractivity contribution >= 4 is 11.7 Å². The van der Waals surface area contributed by atoms with E-state index in [1.807, 2.05) is 0 Å². The average molecular weight is 273 g/mol. The number of nitro groups is 1. The summed E-state index contributed by atoms with van der Waals surface area (Å²) in [5, 5.41) is 20.3. The third-order valence-corrected chi connectivity index (χ3v) is 2.85. The number of rotatable bonds is 4. The van der Waals surface area contributed by atoms with Gasteiger partial charge in [0.05, 0.1) is 23.2 Å². The lowest BCUT2D eigenvalue weighted by Gasteiger charge is -2.08. The summed E-state index contributed by atoms with van der Waals surface area (Å²) < 4.78 is 5.01. The second-order valence-electron chi connectivity index (χ2n) is 3.99. The molecule has 0 atom stereocenters. The van der Waals surface area contributed by atoms with E-state index >= 15 is 0 Å². The minimum absolute atomic E-state index is 0.0904. The summed E-state index contributed by atoms with van der Waals surface area (Å²) in [6.45, 7) is 0. The zero-order valence-electron chi connectivity index (χ0n) is 10.6. The van der Waals surface area contributed by atoms with Crippen molar-refractivity contribution in [1.82, 2.24) is 0 Å². The van der Waals surface area contributed by atoms with Crippen LogP contribution in [0.3, 0.4) is 0 Å². The number of hydrogen-bond acceptors (Lipinski definition) is 4. The fraction of sp³-hybridized carbons (Fsp3) is 0.0714. The highest BCUT2D eigenvalue weighted by Gasteiger charge is 2.22. The molecule has 0 aliphatic heterocycles. The van der Waals surface area contributed by atoms with Crippen LogP contribution < -0.4 is 4.74 Å². The molecule has 20 heavy (non-hydrogen) atoms. The highest BCUT2D eigenvalue weighted by atomic mass is 16.6. The van der Waals surface area contributed by atoms with E-state index in [9.17, 15) is 20.0 Å². The van der Waals surface area contributed by atoms with Gasteiger partial charge in [0, 0.05) is 6.07 Å². The molecule has 2 aromatic carbocycles. The predicted octanol–water partition coefficient (Wildman–Crippen LogP) is 2.97. The highest BCUT2D eigenvalue weighted by molar-refractivity contribution is 5.99. The summed E-state index contributed by atoms with van der Waals surface area (Å²) >= 11 is 0. The molecule has 0 saturated heterocycles. The summed E-state index contributed by atoms with van der Waals surface area (Å²) in [7, 11) is 1.50. The Morgan fingerprint density at radius 2 is 1.85 bits per heavy atom. The number of nitro benzene ring substituents is 1. The van der Waals surface area contributed by atoms with Gasteiger partial charge in [0.25, 0.3) is 5.69 Å². The fourth-order valence-corrected chi connectivity index (χ4v) is 1.93. The molecule has 0 heterocycles. The Morgan fingerprint density at radius 1 is 1.20 bits per heavy atom. The molecule has 0 fully saturated rings. The summed E-state index contributed by atoms with van der Waals surface area (Å²) in [6, 6.07) is 10.4. The lowest BCUT2D eigenvalue weighted by atomic mass is 9.97. The number of hydrogen-bond donors (Lipinski definition) is 1. The largest absolute Gasteiger partial charge is 0.497 e. The molecule has 0 unspecified atom stereocenters. The Balaban J connectivity index is 2.68. The Kier molecular flexibility index (Phi) is 3.65. The Labute approximate surface area is 114 Å². The molecule has 6 heteroatoms. The first-order chi connectivity index (χ1) is 9.54. The van der Waals surface area contributed by atoms with Gasteiger partial charge in [-0.2, -0.15) is 0 Å². The quantitative estimate of drug-likeness (QED) is 0.683. The van der Waals surface area contributed by atoms with Gasteiger partial charge in [-0.3, -0.25) is 10.1 Å². The van der Waals surface area contributed by atoms with E-state index in [-0.39, 0.29) is 16.8 Å². The number of aromatic carboxylic acids is 1. The summed E-state index contributed by atoms with van der Waals surface area (Å²) in [5.74, 6) is -0.622. The van der Waals surface area contributed by atoms with Gasteiger partial charge in [0.2, 0.25) is 0 Å². The van der Waals surface area contributed by atoms with Gasteiger partial charge in [-0.25, -0.2) is 4.79 Å². The van der Waals surface area contributed by atoms with E-state index in [1.54, 1.807) is 24.3 Å². The number of carboxylic acids is 1. The topological polar surface area (TPSA) is 89.7 Å². The lowest BCUT2D eigenvalue weighted by molar-refractivity contribution is -0.384. The number of nitrogens with zero attached hydrogens (tertiary/aromatic N) is 1. The molecule has 0 aromatic heterocycles. The number of benzene rings is 2. The van der Waals surface area contributed by atoms with Crippen LogP contribution in [-0.2, 0) is 0 Å². The van der Waals surface area contributed by atoms with Crippen LogP contribution in [0.4, 0.5) is 5.69 Å². The first kappa shape index (κ1) is 13.5. The van der Waals surface area contributed by atoms with Crippen LogP contribution in [0.5, 0.6) is 5.75 Å². The Hall–Kier alpha value is -2.89. The van der Waals surface area contributed by atoms with Crippen LogP contribution in [-0.4, -0.2) is 23.1 Å². The Morgan fingerprint density at radius 3 is 2.35 bits per heavy atom. The van der Waals surface area contributed by atoms with Crippen molar-refractivity contribution in [3.05, 3.63) is 58.1 Å². The van der Waals surface area contributed by atoms with Gasteiger partial charge in [-0.05, 0) is 23.8 Å². The second-order valence-corrected chi connectivity index (χ2v) is 3.99. The van der Waals surface area contributed by atoms with Crippen LogP contribution in [0.1, 0.15) is 10.4 Å². The van der Waals surface area contributed by atoms with E-state index in [0.717, 1.165) is 0 Å². The summed E-state index contributed by atoms with van der Waals surface area (Å²) in [5.41, 5.74) is 0.197. The van der Waals surface area contributed by atoms with Crippen LogP contribution in [0.2, 0.25) is 0 Å². The molecule has 6 nitrogen and oxygen atoms in total. The standard InChI is InChI=1S/C14H11NO5/c1-20-10-7-5-9(6-8-10)13-11(14(16)17)3-2-4-12(13)15(18)19/h2-8H,1H3,(H,16,17). The maximum atomic E-state index is 11.2. The SMILES string of the molecule is COc1ccc(-c2c(C(=O)O)cccc2[N+](=O)[O-])cc1. The van der Waals surface area contributed by atoms with E-state index in [2.05, 4.69) is 0 Å². The maximum absolute atomic E-state index is 11.2. The molecule has 0 amide bonds. The first-order valence-corrected chi connectivity index (χ1v) is 5.69. The van der Waals surface area contributed by atoms with Crippen molar-refractivity contribution in [2.45, 2.75) is 0 Å². The lowest BCUT2D eigenvalue weighted by Crippen LogP contribution is -2.02.